The lowest BCUT2D eigenvalue weighted by molar-refractivity contribution is -0.143. The number of amides is 2. The highest BCUT2D eigenvalue weighted by atomic mass is 16.6. The van der Waals surface area contributed by atoms with Crippen molar-refractivity contribution in [3.8, 4) is 0 Å². The van der Waals surface area contributed by atoms with E-state index in [4.69, 9.17) is 9.47 Å². The molecule has 3 rings (SSSR count). The standard InChI is InChI=1S/C32H39N3O7/c1-32(2,3)42-31(40)35-26(18-22-10-6-4-7-11-22)28(36)27(29(37)38)33-19-23-14-16-24(17-15-23)20-34-30(39)41-21-25-12-8-5-9-13-25/h4-17,26-28,33,36H,18-21H2,1-3H3,(H,34,39)(H,35,40)(H,37,38)/t26-,27+,28+/m0/s1. The molecule has 0 saturated heterocycles. The van der Waals surface area contributed by atoms with Crippen LogP contribution in [0.1, 0.15) is 43.0 Å². The Balaban J connectivity index is 1.57. The molecule has 0 heterocycles. The highest BCUT2D eigenvalue weighted by Gasteiger charge is 2.34. The summed E-state index contributed by atoms with van der Waals surface area (Å²) in [6.45, 7) is 5.73. The van der Waals surface area contributed by atoms with Crippen LogP contribution in [0.25, 0.3) is 0 Å². The Morgan fingerprint density at radius 3 is 1.86 bits per heavy atom. The summed E-state index contributed by atoms with van der Waals surface area (Å²) < 4.78 is 10.6. The summed E-state index contributed by atoms with van der Waals surface area (Å²) >= 11 is 0. The van der Waals surface area contributed by atoms with Gasteiger partial charge in [-0.05, 0) is 49.4 Å². The van der Waals surface area contributed by atoms with E-state index in [2.05, 4.69) is 16.0 Å². The topological polar surface area (TPSA) is 146 Å². The van der Waals surface area contributed by atoms with Crippen molar-refractivity contribution in [1.29, 1.82) is 0 Å². The Labute approximate surface area is 246 Å². The fraction of sp³-hybridized carbons (Fsp3) is 0.344. The lowest BCUT2D eigenvalue weighted by atomic mass is 9.96. The molecule has 5 N–H and O–H groups in total. The van der Waals surface area contributed by atoms with Crippen LogP contribution in [0.4, 0.5) is 9.59 Å². The number of nitrogens with one attached hydrogen (secondary N) is 3. The first kappa shape index (κ1) is 32.1. The van der Waals surface area contributed by atoms with Gasteiger partial charge < -0.3 is 30.3 Å². The number of hydrogen-bond donors (Lipinski definition) is 5. The summed E-state index contributed by atoms with van der Waals surface area (Å²) in [4.78, 5) is 36.7. The van der Waals surface area contributed by atoms with Crippen molar-refractivity contribution in [1.82, 2.24) is 16.0 Å². The molecular formula is C32H39N3O7. The average molecular weight is 578 g/mol. The fourth-order valence-electron chi connectivity index (χ4n) is 4.12. The Hall–Kier alpha value is -4.41. The van der Waals surface area contributed by atoms with Gasteiger partial charge in [0.15, 0.2) is 0 Å². The lowest BCUT2D eigenvalue weighted by Crippen LogP contribution is -2.57. The van der Waals surface area contributed by atoms with E-state index in [0.29, 0.717) is 0 Å². The maximum atomic E-state index is 12.5. The van der Waals surface area contributed by atoms with E-state index in [0.717, 1.165) is 22.3 Å². The van der Waals surface area contributed by atoms with Crippen molar-refractivity contribution in [3.05, 3.63) is 107 Å². The molecule has 0 aliphatic rings. The van der Waals surface area contributed by atoms with Crippen molar-refractivity contribution in [3.63, 3.8) is 0 Å². The second-order valence-corrected chi connectivity index (χ2v) is 10.9. The first-order chi connectivity index (χ1) is 20.0. The van der Waals surface area contributed by atoms with Gasteiger partial charge in [-0.2, -0.15) is 0 Å². The normalized spacial score (nSPS) is 13.3. The van der Waals surface area contributed by atoms with Crippen LogP contribution in [-0.4, -0.2) is 52.2 Å². The fourth-order valence-corrected chi connectivity index (χ4v) is 4.12. The van der Waals surface area contributed by atoms with Crippen LogP contribution in [0.2, 0.25) is 0 Å². The van der Waals surface area contributed by atoms with E-state index < -0.39 is 41.9 Å². The molecule has 0 unspecified atom stereocenters. The Bertz CT molecular complexity index is 1280. The predicted molar refractivity (Wildman–Crippen MR) is 157 cm³/mol. The van der Waals surface area contributed by atoms with Gasteiger partial charge in [-0.3, -0.25) is 10.1 Å². The van der Waals surface area contributed by atoms with E-state index in [1.807, 2.05) is 72.8 Å². The Morgan fingerprint density at radius 2 is 1.31 bits per heavy atom. The summed E-state index contributed by atoms with van der Waals surface area (Å²) in [5.74, 6) is -1.26. The number of carboxylic acids is 1. The maximum Gasteiger partial charge on any atom is 0.407 e. The number of aliphatic hydroxyl groups is 1. The van der Waals surface area contributed by atoms with Crippen LogP contribution in [-0.2, 0) is 40.4 Å². The van der Waals surface area contributed by atoms with Crippen molar-refractivity contribution in [2.24, 2.45) is 0 Å². The monoisotopic (exact) mass is 577 g/mol. The number of carbonyl (C=O) groups is 3. The highest BCUT2D eigenvalue weighted by Crippen LogP contribution is 2.13. The van der Waals surface area contributed by atoms with Crippen LogP contribution >= 0.6 is 0 Å². The van der Waals surface area contributed by atoms with E-state index in [9.17, 15) is 24.6 Å². The first-order valence-corrected chi connectivity index (χ1v) is 13.7. The van der Waals surface area contributed by atoms with Crippen molar-refractivity contribution in [2.45, 2.75) is 70.7 Å². The minimum atomic E-state index is -1.47. The second-order valence-electron chi connectivity index (χ2n) is 10.9. The molecule has 42 heavy (non-hydrogen) atoms. The largest absolute Gasteiger partial charge is 0.480 e. The number of aliphatic hydroxyl groups excluding tert-OH is 1. The third-order valence-electron chi connectivity index (χ3n) is 6.22. The zero-order valence-electron chi connectivity index (χ0n) is 24.1. The molecule has 3 atom stereocenters. The molecule has 0 fully saturated rings. The van der Waals surface area contributed by atoms with E-state index in [1.165, 1.54) is 0 Å². The predicted octanol–water partition coefficient (Wildman–Crippen LogP) is 4.15. The van der Waals surface area contributed by atoms with Gasteiger partial charge in [0.05, 0.1) is 6.04 Å². The summed E-state index contributed by atoms with van der Waals surface area (Å²) in [5.41, 5.74) is 2.54. The third-order valence-corrected chi connectivity index (χ3v) is 6.22. The van der Waals surface area contributed by atoms with Gasteiger partial charge in [0, 0.05) is 13.1 Å². The zero-order chi connectivity index (χ0) is 30.5. The summed E-state index contributed by atoms with van der Waals surface area (Å²) in [6.07, 6.45) is -2.56. The van der Waals surface area contributed by atoms with Gasteiger partial charge in [0.25, 0.3) is 0 Å². The molecule has 0 radical (unpaired) electrons. The van der Waals surface area contributed by atoms with E-state index in [-0.39, 0.29) is 26.1 Å². The quantitative estimate of drug-likeness (QED) is 0.204. The third kappa shape index (κ3) is 11.2. The van der Waals surface area contributed by atoms with Crippen LogP contribution in [0.3, 0.4) is 0 Å². The molecular weight excluding hydrogens is 538 g/mol. The van der Waals surface area contributed by atoms with Crippen molar-refractivity contribution >= 4 is 18.2 Å². The second kappa shape index (κ2) is 15.6. The molecule has 3 aromatic carbocycles. The molecule has 0 spiro atoms. The molecule has 224 valence electrons. The van der Waals surface area contributed by atoms with Gasteiger partial charge in [0.2, 0.25) is 0 Å². The average Bonchev–Trinajstić information content (AvgIpc) is 2.95. The number of carboxylic acid groups (broad SMARTS) is 1. The first-order valence-electron chi connectivity index (χ1n) is 13.7. The van der Waals surface area contributed by atoms with Crippen LogP contribution in [0.15, 0.2) is 84.9 Å². The van der Waals surface area contributed by atoms with E-state index >= 15 is 0 Å². The number of benzene rings is 3. The van der Waals surface area contributed by atoms with Gasteiger partial charge >= 0.3 is 18.2 Å². The summed E-state index contributed by atoms with van der Waals surface area (Å²) in [6, 6.07) is 23.4. The smallest absolute Gasteiger partial charge is 0.407 e. The minimum absolute atomic E-state index is 0.144. The number of alkyl carbamates (subject to hydrolysis) is 2. The summed E-state index contributed by atoms with van der Waals surface area (Å²) in [7, 11) is 0. The molecule has 0 saturated carbocycles. The number of hydrogen-bond acceptors (Lipinski definition) is 7. The van der Waals surface area contributed by atoms with Crippen LogP contribution in [0.5, 0.6) is 0 Å². The van der Waals surface area contributed by atoms with Crippen molar-refractivity contribution in [2.75, 3.05) is 0 Å². The van der Waals surface area contributed by atoms with Gasteiger partial charge in [0.1, 0.15) is 24.4 Å². The molecule has 0 aliphatic carbocycles. The summed E-state index contributed by atoms with van der Waals surface area (Å²) in [5, 5.41) is 29.3. The molecule has 3 aromatic rings. The minimum Gasteiger partial charge on any atom is -0.480 e. The lowest BCUT2D eigenvalue weighted by Gasteiger charge is -2.30. The molecule has 2 amide bonds. The number of ether oxygens (including phenoxy) is 2. The molecule has 0 aliphatic heterocycles. The van der Waals surface area contributed by atoms with E-state index in [1.54, 1.807) is 32.9 Å². The number of rotatable bonds is 13. The number of carbonyl (C=O) groups excluding carboxylic acids is 2. The van der Waals surface area contributed by atoms with Gasteiger partial charge in [-0.25, -0.2) is 9.59 Å². The highest BCUT2D eigenvalue weighted by molar-refractivity contribution is 5.75. The van der Waals surface area contributed by atoms with Crippen LogP contribution < -0.4 is 16.0 Å². The molecule has 10 nitrogen and oxygen atoms in total. The zero-order valence-corrected chi connectivity index (χ0v) is 24.1. The maximum absolute atomic E-state index is 12.5. The van der Waals surface area contributed by atoms with Crippen molar-refractivity contribution < 1.29 is 34.1 Å². The molecule has 0 aromatic heterocycles. The Morgan fingerprint density at radius 1 is 0.762 bits per heavy atom. The molecule has 0 bridgehead atoms. The SMILES string of the molecule is CC(C)(C)OC(=O)N[C@@H](Cc1ccccc1)[C@@H](O)[C@@H](NCc1ccc(CNC(=O)OCc2ccccc2)cc1)C(=O)O. The molecule has 10 heteroatoms. The van der Waals surface area contributed by atoms with Gasteiger partial charge in [-0.1, -0.05) is 84.9 Å². The number of aliphatic carboxylic acids is 1. The van der Waals surface area contributed by atoms with Crippen LogP contribution in [0, 0.1) is 0 Å². The Kier molecular flexibility index (Phi) is 11.9. The van der Waals surface area contributed by atoms with Gasteiger partial charge in [-0.15, -0.1) is 0 Å².